The highest BCUT2D eigenvalue weighted by Gasteiger charge is 2.29. The Morgan fingerprint density at radius 2 is 2.00 bits per heavy atom. The second kappa shape index (κ2) is 5.05. The van der Waals surface area contributed by atoms with Crippen molar-refractivity contribution in [2.75, 3.05) is 4.90 Å². The molecule has 1 aromatic carbocycles. The van der Waals surface area contributed by atoms with Gasteiger partial charge in [-0.25, -0.2) is 4.79 Å². The molecule has 3 nitrogen and oxygen atoms in total. The van der Waals surface area contributed by atoms with E-state index in [1.54, 1.807) is 23.5 Å². The van der Waals surface area contributed by atoms with Crippen LogP contribution < -0.4 is 4.90 Å². The third-order valence-electron chi connectivity index (χ3n) is 3.37. The van der Waals surface area contributed by atoms with Crippen molar-refractivity contribution in [3.05, 3.63) is 52.2 Å². The summed E-state index contributed by atoms with van der Waals surface area (Å²) >= 11 is 1.71. The largest absolute Gasteiger partial charge is 0.478 e. The molecule has 3 rings (SSSR count). The molecule has 0 amide bonds. The second-order valence-electron chi connectivity index (χ2n) is 4.84. The zero-order valence-electron chi connectivity index (χ0n) is 10.5. The van der Waals surface area contributed by atoms with Crippen LogP contribution in [0.4, 0.5) is 5.69 Å². The molecule has 1 saturated carbocycles. The van der Waals surface area contributed by atoms with Gasteiger partial charge in [0.05, 0.1) is 5.56 Å². The molecule has 0 saturated heterocycles. The maximum atomic E-state index is 10.9. The maximum absolute atomic E-state index is 10.9. The Labute approximate surface area is 116 Å². The summed E-state index contributed by atoms with van der Waals surface area (Å²) in [6.45, 7) is 0.903. The number of carboxylic acids is 1. The average Bonchev–Trinajstić information content (AvgIpc) is 3.13. The van der Waals surface area contributed by atoms with E-state index in [4.69, 9.17) is 5.11 Å². The second-order valence-corrected chi connectivity index (χ2v) is 5.62. The number of carbonyl (C=O) groups is 1. The minimum Gasteiger partial charge on any atom is -0.478 e. The fraction of sp³-hybridized carbons (Fsp3) is 0.267. The van der Waals surface area contributed by atoms with E-state index >= 15 is 0 Å². The molecule has 1 heterocycles. The quantitative estimate of drug-likeness (QED) is 0.904. The number of hydrogen-bond donors (Lipinski definition) is 1. The SMILES string of the molecule is O=C(O)c1ccc(N(Cc2ccsc2)C2CC2)cc1. The first kappa shape index (κ1) is 12.2. The summed E-state index contributed by atoms with van der Waals surface area (Å²) < 4.78 is 0. The molecule has 1 fully saturated rings. The van der Waals surface area contributed by atoms with Gasteiger partial charge >= 0.3 is 5.97 Å². The van der Waals surface area contributed by atoms with E-state index in [2.05, 4.69) is 21.7 Å². The average molecular weight is 273 g/mol. The van der Waals surface area contributed by atoms with Gasteiger partial charge in [0, 0.05) is 18.3 Å². The Hall–Kier alpha value is -1.81. The predicted octanol–water partition coefficient (Wildman–Crippen LogP) is 3.62. The summed E-state index contributed by atoms with van der Waals surface area (Å²) in [5.41, 5.74) is 2.77. The Balaban J connectivity index is 1.81. The number of benzene rings is 1. The lowest BCUT2D eigenvalue weighted by atomic mass is 10.2. The van der Waals surface area contributed by atoms with E-state index in [0.29, 0.717) is 11.6 Å². The molecule has 0 atom stereocenters. The predicted molar refractivity (Wildman–Crippen MR) is 76.9 cm³/mol. The van der Waals surface area contributed by atoms with Gasteiger partial charge in [0.2, 0.25) is 0 Å². The number of nitrogens with zero attached hydrogens (tertiary/aromatic N) is 1. The van der Waals surface area contributed by atoms with Crippen LogP contribution in [0, 0.1) is 0 Å². The molecule has 0 bridgehead atoms. The van der Waals surface area contributed by atoms with E-state index in [9.17, 15) is 4.79 Å². The number of thiophene rings is 1. The third kappa shape index (κ3) is 2.79. The van der Waals surface area contributed by atoms with Gasteiger partial charge < -0.3 is 10.0 Å². The van der Waals surface area contributed by atoms with Gasteiger partial charge in [-0.3, -0.25) is 0 Å². The lowest BCUT2D eigenvalue weighted by Crippen LogP contribution is -2.24. The van der Waals surface area contributed by atoms with Crippen molar-refractivity contribution >= 4 is 23.0 Å². The summed E-state index contributed by atoms with van der Waals surface area (Å²) in [5.74, 6) is -0.873. The van der Waals surface area contributed by atoms with Crippen molar-refractivity contribution in [1.29, 1.82) is 0 Å². The summed E-state index contributed by atoms with van der Waals surface area (Å²) in [6, 6.07) is 9.94. The first-order valence-electron chi connectivity index (χ1n) is 6.35. The molecule has 0 aliphatic heterocycles. The standard InChI is InChI=1S/C15H15NO2S/c17-15(18)12-1-3-13(4-2-12)16(14-5-6-14)9-11-7-8-19-10-11/h1-4,7-8,10,14H,5-6,9H2,(H,17,18). The first-order chi connectivity index (χ1) is 9.24. The van der Waals surface area contributed by atoms with Crippen LogP contribution in [0.25, 0.3) is 0 Å². The smallest absolute Gasteiger partial charge is 0.335 e. The fourth-order valence-electron chi connectivity index (χ4n) is 2.19. The molecule has 0 radical (unpaired) electrons. The van der Waals surface area contributed by atoms with Gasteiger partial charge in [0.1, 0.15) is 0 Å². The lowest BCUT2D eigenvalue weighted by molar-refractivity contribution is 0.0697. The zero-order chi connectivity index (χ0) is 13.2. The number of aromatic carboxylic acids is 1. The third-order valence-corrected chi connectivity index (χ3v) is 4.10. The van der Waals surface area contributed by atoms with Crippen LogP contribution in [-0.4, -0.2) is 17.1 Å². The van der Waals surface area contributed by atoms with E-state index in [0.717, 1.165) is 12.2 Å². The van der Waals surface area contributed by atoms with Gasteiger partial charge in [-0.1, -0.05) is 0 Å². The van der Waals surface area contributed by atoms with Crippen LogP contribution in [0.2, 0.25) is 0 Å². The van der Waals surface area contributed by atoms with Crippen LogP contribution >= 0.6 is 11.3 Å². The van der Waals surface area contributed by atoms with E-state index in [1.165, 1.54) is 18.4 Å². The van der Waals surface area contributed by atoms with E-state index in [1.807, 2.05) is 12.1 Å². The van der Waals surface area contributed by atoms with Crippen LogP contribution in [0.15, 0.2) is 41.1 Å². The van der Waals surface area contributed by atoms with Gasteiger partial charge in [0.15, 0.2) is 0 Å². The highest BCUT2D eigenvalue weighted by molar-refractivity contribution is 7.07. The Bertz CT molecular complexity index is 558. The van der Waals surface area contributed by atoms with Crippen LogP contribution in [-0.2, 0) is 6.54 Å². The van der Waals surface area contributed by atoms with Crippen LogP contribution in [0.3, 0.4) is 0 Å². The minimum absolute atomic E-state index is 0.343. The summed E-state index contributed by atoms with van der Waals surface area (Å²) in [4.78, 5) is 13.2. The van der Waals surface area contributed by atoms with Crippen molar-refractivity contribution in [3.8, 4) is 0 Å². The van der Waals surface area contributed by atoms with Crippen molar-refractivity contribution in [2.45, 2.75) is 25.4 Å². The van der Waals surface area contributed by atoms with Crippen LogP contribution in [0.5, 0.6) is 0 Å². The molecule has 1 aromatic heterocycles. The molecule has 19 heavy (non-hydrogen) atoms. The van der Waals surface area contributed by atoms with Crippen molar-refractivity contribution in [1.82, 2.24) is 0 Å². The molecule has 0 spiro atoms. The number of anilines is 1. The number of hydrogen-bond acceptors (Lipinski definition) is 3. The van der Waals surface area contributed by atoms with Crippen molar-refractivity contribution < 1.29 is 9.90 Å². The Morgan fingerprint density at radius 3 is 2.53 bits per heavy atom. The number of carboxylic acid groups (broad SMARTS) is 1. The number of rotatable bonds is 5. The van der Waals surface area contributed by atoms with Crippen LogP contribution in [0.1, 0.15) is 28.8 Å². The highest BCUT2D eigenvalue weighted by Crippen LogP contribution is 2.33. The topological polar surface area (TPSA) is 40.5 Å². The summed E-state index contributed by atoms with van der Waals surface area (Å²) in [5, 5.41) is 13.2. The maximum Gasteiger partial charge on any atom is 0.335 e. The molecule has 4 heteroatoms. The Kier molecular flexibility index (Phi) is 3.25. The normalized spacial score (nSPS) is 14.3. The van der Waals surface area contributed by atoms with Gasteiger partial charge in [0.25, 0.3) is 0 Å². The Morgan fingerprint density at radius 1 is 1.26 bits per heavy atom. The van der Waals surface area contributed by atoms with Crippen molar-refractivity contribution in [3.63, 3.8) is 0 Å². The highest BCUT2D eigenvalue weighted by atomic mass is 32.1. The molecule has 1 N–H and O–H groups in total. The molecule has 1 aliphatic rings. The fourth-order valence-corrected chi connectivity index (χ4v) is 2.85. The van der Waals surface area contributed by atoms with E-state index < -0.39 is 5.97 Å². The molecule has 1 aliphatic carbocycles. The summed E-state index contributed by atoms with van der Waals surface area (Å²) in [7, 11) is 0. The van der Waals surface area contributed by atoms with Crippen molar-refractivity contribution in [2.24, 2.45) is 0 Å². The molecule has 0 unspecified atom stereocenters. The van der Waals surface area contributed by atoms with Gasteiger partial charge in [-0.15, -0.1) is 0 Å². The zero-order valence-corrected chi connectivity index (χ0v) is 11.3. The molecular formula is C15H15NO2S. The lowest BCUT2D eigenvalue weighted by Gasteiger charge is -2.24. The summed E-state index contributed by atoms with van der Waals surface area (Å²) in [6.07, 6.45) is 2.45. The minimum atomic E-state index is -0.873. The van der Waals surface area contributed by atoms with Gasteiger partial charge in [-0.2, -0.15) is 11.3 Å². The first-order valence-corrected chi connectivity index (χ1v) is 7.29. The van der Waals surface area contributed by atoms with Gasteiger partial charge in [-0.05, 0) is 59.5 Å². The van der Waals surface area contributed by atoms with E-state index in [-0.39, 0.29) is 0 Å². The molecule has 98 valence electrons. The monoisotopic (exact) mass is 273 g/mol. The molecular weight excluding hydrogens is 258 g/mol. The molecule has 2 aromatic rings.